The van der Waals surface area contributed by atoms with Gasteiger partial charge >= 0.3 is 0 Å². The van der Waals surface area contributed by atoms with Crippen molar-refractivity contribution in [3.8, 4) is 0 Å². The van der Waals surface area contributed by atoms with Crippen molar-refractivity contribution in [1.29, 1.82) is 0 Å². The monoisotopic (exact) mass is 237 g/mol. The van der Waals surface area contributed by atoms with Crippen LogP contribution in [0.5, 0.6) is 0 Å². The van der Waals surface area contributed by atoms with E-state index in [1.807, 2.05) is 13.8 Å². The van der Waals surface area contributed by atoms with Crippen LogP contribution in [-0.2, 0) is 16.1 Å². The van der Waals surface area contributed by atoms with Gasteiger partial charge in [-0.1, -0.05) is 0 Å². The highest BCUT2D eigenvalue weighted by Crippen LogP contribution is 2.17. The molecule has 1 aliphatic heterocycles. The number of rotatable bonds is 3. The topological polar surface area (TPSA) is 56.2 Å². The number of ether oxygens (including phenoxy) is 1. The van der Waals surface area contributed by atoms with Crippen molar-refractivity contribution in [2.45, 2.75) is 45.8 Å². The zero-order valence-electron chi connectivity index (χ0n) is 10.4. The Hall–Kier alpha value is -1.36. The molecule has 1 aromatic heterocycles. The van der Waals surface area contributed by atoms with Crippen LogP contribution >= 0.6 is 0 Å². The van der Waals surface area contributed by atoms with Crippen molar-refractivity contribution in [3.63, 3.8) is 0 Å². The van der Waals surface area contributed by atoms with Gasteiger partial charge in [-0.15, -0.1) is 0 Å². The molecule has 0 spiro atoms. The molecule has 5 nitrogen and oxygen atoms in total. The van der Waals surface area contributed by atoms with Gasteiger partial charge < -0.3 is 10.1 Å². The minimum absolute atomic E-state index is 0.0528. The van der Waals surface area contributed by atoms with Crippen molar-refractivity contribution in [3.05, 3.63) is 11.8 Å². The lowest BCUT2D eigenvalue weighted by Gasteiger charge is -2.22. The molecular weight excluding hydrogens is 218 g/mol. The van der Waals surface area contributed by atoms with Crippen LogP contribution in [0.25, 0.3) is 0 Å². The number of nitrogens with zero attached hydrogens (tertiary/aromatic N) is 2. The smallest absolute Gasteiger partial charge is 0.254 e. The van der Waals surface area contributed by atoms with Crippen molar-refractivity contribution in [1.82, 2.24) is 9.78 Å². The first-order valence-corrected chi connectivity index (χ1v) is 6.17. The van der Waals surface area contributed by atoms with Crippen LogP contribution in [0, 0.1) is 6.92 Å². The maximum atomic E-state index is 12.0. The highest BCUT2D eigenvalue weighted by Gasteiger charge is 2.23. The summed E-state index contributed by atoms with van der Waals surface area (Å²) in [4.78, 5) is 12.0. The lowest BCUT2D eigenvalue weighted by atomic mass is 10.1. The Bertz CT molecular complexity index is 394. The number of carbonyl (C=O) groups excluding carboxylic acids is 1. The van der Waals surface area contributed by atoms with Gasteiger partial charge in [-0.05, 0) is 33.1 Å². The van der Waals surface area contributed by atoms with Gasteiger partial charge in [-0.2, -0.15) is 5.10 Å². The Morgan fingerprint density at radius 1 is 1.65 bits per heavy atom. The number of carbonyl (C=O) groups is 1. The second-order valence-corrected chi connectivity index (χ2v) is 4.34. The van der Waals surface area contributed by atoms with E-state index in [1.165, 1.54) is 0 Å². The van der Waals surface area contributed by atoms with Crippen molar-refractivity contribution < 1.29 is 9.53 Å². The zero-order chi connectivity index (χ0) is 12.3. The van der Waals surface area contributed by atoms with Crippen LogP contribution in [0.15, 0.2) is 6.20 Å². The van der Waals surface area contributed by atoms with Gasteiger partial charge in [0.25, 0.3) is 5.91 Å². The largest absolute Gasteiger partial charge is 0.368 e. The summed E-state index contributed by atoms with van der Waals surface area (Å²) >= 11 is 0. The molecule has 0 saturated carbocycles. The number of hydrogen-bond acceptors (Lipinski definition) is 3. The van der Waals surface area contributed by atoms with E-state index in [0.29, 0.717) is 6.61 Å². The summed E-state index contributed by atoms with van der Waals surface area (Å²) in [6.07, 6.45) is 4.38. The lowest BCUT2D eigenvalue weighted by Crippen LogP contribution is -2.34. The van der Waals surface area contributed by atoms with Crippen LogP contribution in [0.4, 0.5) is 5.82 Å². The summed E-state index contributed by atoms with van der Waals surface area (Å²) in [5.74, 6) is 0.731. The maximum absolute atomic E-state index is 12.0. The lowest BCUT2D eigenvalue weighted by molar-refractivity contribution is -0.130. The van der Waals surface area contributed by atoms with Crippen LogP contribution in [0.2, 0.25) is 0 Å². The molecule has 0 aliphatic carbocycles. The Balaban J connectivity index is 2.04. The predicted molar refractivity (Wildman–Crippen MR) is 64.9 cm³/mol. The van der Waals surface area contributed by atoms with Crippen LogP contribution in [-0.4, -0.2) is 28.4 Å². The number of nitrogens with one attached hydrogen (secondary N) is 1. The van der Waals surface area contributed by atoms with E-state index in [4.69, 9.17) is 4.74 Å². The Labute approximate surface area is 101 Å². The molecule has 0 radical (unpaired) electrons. The molecule has 1 N–H and O–H groups in total. The van der Waals surface area contributed by atoms with E-state index in [9.17, 15) is 4.79 Å². The number of aryl methyl sites for hydroxylation is 2. The summed E-state index contributed by atoms with van der Waals surface area (Å²) in [5.41, 5.74) is 0.982. The van der Waals surface area contributed by atoms with Gasteiger partial charge in [0.15, 0.2) is 0 Å². The molecule has 1 saturated heterocycles. The van der Waals surface area contributed by atoms with Gasteiger partial charge in [0.2, 0.25) is 0 Å². The fourth-order valence-electron chi connectivity index (χ4n) is 2.03. The molecule has 1 atom stereocenters. The van der Waals surface area contributed by atoms with Gasteiger partial charge in [0, 0.05) is 18.7 Å². The average molecular weight is 237 g/mol. The summed E-state index contributed by atoms with van der Waals surface area (Å²) < 4.78 is 7.25. The fourth-order valence-corrected chi connectivity index (χ4v) is 2.03. The van der Waals surface area contributed by atoms with Crippen LogP contribution in [0.1, 0.15) is 31.7 Å². The minimum Gasteiger partial charge on any atom is -0.368 e. The van der Waals surface area contributed by atoms with E-state index in [1.54, 1.807) is 10.9 Å². The maximum Gasteiger partial charge on any atom is 0.254 e. The Morgan fingerprint density at radius 3 is 3.12 bits per heavy atom. The van der Waals surface area contributed by atoms with Gasteiger partial charge in [-0.3, -0.25) is 4.79 Å². The van der Waals surface area contributed by atoms with Gasteiger partial charge in [0.05, 0.1) is 6.20 Å². The van der Waals surface area contributed by atoms with E-state index in [0.717, 1.165) is 37.2 Å². The summed E-state index contributed by atoms with van der Waals surface area (Å²) in [6, 6.07) is 0. The molecule has 1 aromatic rings. The van der Waals surface area contributed by atoms with E-state index < -0.39 is 0 Å². The molecule has 5 heteroatoms. The molecule has 1 aliphatic rings. The summed E-state index contributed by atoms with van der Waals surface area (Å²) in [7, 11) is 0. The molecule has 1 unspecified atom stereocenters. The molecule has 1 fully saturated rings. The third-order valence-electron chi connectivity index (χ3n) is 3.04. The normalized spacial score (nSPS) is 20.2. The second-order valence-electron chi connectivity index (χ2n) is 4.34. The molecule has 1 amide bonds. The first kappa shape index (κ1) is 12.1. The quantitative estimate of drug-likeness (QED) is 0.870. The number of aromatic nitrogens is 2. The fraction of sp³-hybridized carbons (Fsp3) is 0.667. The first-order chi connectivity index (χ1) is 8.22. The first-order valence-electron chi connectivity index (χ1n) is 6.17. The third-order valence-corrected chi connectivity index (χ3v) is 3.04. The SMILES string of the molecule is CCn1ncc(C)c1NC(=O)C1CCCCO1. The molecule has 0 aromatic carbocycles. The third kappa shape index (κ3) is 2.66. The zero-order valence-corrected chi connectivity index (χ0v) is 10.4. The number of anilines is 1. The highest BCUT2D eigenvalue weighted by molar-refractivity contribution is 5.94. The van der Waals surface area contributed by atoms with E-state index in [-0.39, 0.29) is 12.0 Å². The number of hydrogen-bond donors (Lipinski definition) is 1. The van der Waals surface area contributed by atoms with Crippen LogP contribution < -0.4 is 5.32 Å². The molecule has 17 heavy (non-hydrogen) atoms. The van der Waals surface area contributed by atoms with Crippen molar-refractivity contribution >= 4 is 11.7 Å². The number of amides is 1. The Morgan fingerprint density at radius 2 is 2.47 bits per heavy atom. The van der Waals surface area contributed by atoms with Gasteiger partial charge in [-0.25, -0.2) is 4.68 Å². The Kier molecular flexibility index (Phi) is 3.78. The second kappa shape index (κ2) is 5.31. The molecule has 2 heterocycles. The van der Waals surface area contributed by atoms with Gasteiger partial charge in [0.1, 0.15) is 11.9 Å². The molecule has 94 valence electrons. The molecule has 2 rings (SSSR count). The van der Waals surface area contributed by atoms with E-state index in [2.05, 4.69) is 10.4 Å². The van der Waals surface area contributed by atoms with Crippen molar-refractivity contribution in [2.75, 3.05) is 11.9 Å². The highest BCUT2D eigenvalue weighted by atomic mass is 16.5. The minimum atomic E-state index is -0.302. The summed E-state index contributed by atoms with van der Waals surface area (Å²) in [6.45, 7) is 5.37. The molecule has 0 bridgehead atoms. The summed E-state index contributed by atoms with van der Waals surface area (Å²) in [5, 5.41) is 7.11. The predicted octanol–water partition coefficient (Wildman–Crippen LogP) is 1.72. The van der Waals surface area contributed by atoms with Crippen LogP contribution in [0.3, 0.4) is 0 Å². The van der Waals surface area contributed by atoms with E-state index >= 15 is 0 Å². The molecular formula is C12H19N3O2. The average Bonchev–Trinajstić information content (AvgIpc) is 2.71. The standard InChI is InChI=1S/C12H19N3O2/c1-3-15-11(9(2)8-13-15)14-12(16)10-6-4-5-7-17-10/h8,10H,3-7H2,1-2H3,(H,14,16). The van der Waals surface area contributed by atoms with Crippen molar-refractivity contribution in [2.24, 2.45) is 0 Å².